The lowest BCUT2D eigenvalue weighted by molar-refractivity contribution is 0.392. The van der Waals surface area contributed by atoms with Crippen LogP contribution in [-0.2, 0) is 26.7 Å². The number of halogens is 2. The van der Waals surface area contributed by atoms with Crippen molar-refractivity contribution in [2.45, 2.75) is 19.6 Å². The molecule has 2 rings (SSSR count). The lowest BCUT2D eigenvalue weighted by Gasteiger charge is -2.21. The molecule has 0 aliphatic rings. The van der Waals surface area contributed by atoms with Crippen molar-refractivity contribution in [2.24, 2.45) is 12.0 Å². The Kier molecular flexibility index (Phi) is 9.00. The summed E-state index contributed by atoms with van der Waals surface area (Å²) in [7, 11) is 9.49. The van der Waals surface area contributed by atoms with Crippen LogP contribution in [0.2, 0.25) is 0 Å². The Balaban J connectivity index is 0.00000338. The van der Waals surface area contributed by atoms with Gasteiger partial charge in [0, 0.05) is 58.1 Å². The highest BCUT2D eigenvalue weighted by molar-refractivity contribution is 14.0. The second-order valence-corrected chi connectivity index (χ2v) is 6.44. The van der Waals surface area contributed by atoms with Gasteiger partial charge in [0.1, 0.15) is 5.82 Å². The predicted octanol–water partition coefficient (Wildman–Crippen LogP) is 2.45. The number of guanidine groups is 1. The van der Waals surface area contributed by atoms with E-state index in [4.69, 9.17) is 0 Å². The summed E-state index contributed by atoms with van der Waals surface area (Å²) in [6, 6.07) is 5.23. The fourth-order valence-corrected chi connectivity index (χ4v) is 2.67. The number of nitrogens with one attached hydrogen (secondary N) is 1. The smallest absolute Gasteiger partial charge is 0.193 e. The molecule has 0 amide bonds. The molecule has 8 heteroatoms. The van der Waals surface area contributed by atoms with E-state index in [1.165, 1.54) is 6.07 Å². The monoisotopic (exact) mass is 474 g/mol. The first-order valence-electron chi connectivity index (χ1n) is 8.20. The molecule has 26 heavy (non-hydrogen) atoms. The average molecular weight is 474 g/mol. The molecule has 1 N–H and O–H groups in total. The maximum absolute atomic E-state index is 13.9. The number of benzene rings is 1. The summed E-state index contributed by atoms with van der Waals surface area (Å²) in [6.07, 6.45) is 3.83. The molecule has 1 aromatic carbocycles. The highest BCUT2D eigenvalue weighted by Gasteiger charge is 2.09. The number of hydrogen-bond acceptors (Lipinski definition) is 3. The summed E-state index contributed by atoms with van der Waals surface area (Å²) < 4.78 is 15.7. The first-order chi connectivity index (χ1) is 11.9. The summed E-state index contributed by atoms with van der Waals surface area (Å²) in [4.78, 5) is 8.30. The fraction of sp³-hybridized carbons (Fsp3) is 0.444. The number of hydrogen-bond donors (Lipinski definition) is 1. The molecule has 0 fully saturated rings. The molecule has 1 aromatic heterocycles. The van der Waals surface area contributed by atoms with E-state index in [1.54, 1.807) is 17.8 Å². The van der Waals surface area contributed by atoms with Gasteiger partial charge in [0.2, 0.25) is 0 Å². The van der Waals surface area contributed by atoms with Gasteiger partial charge in [-0.25, -0.2) is 4.39 Å². The largest absolute Gasteiger partial charge is 0.352 e. The van der Waals surface area contributed by atoms with Crippen LogP contribution in [0, 0.1) is 5.82 Å². The Hall–Kier alpha value is -1.68. The van der Waals surface area contributed by atoms with Crippen LogP contribution in [0.5, 0.6) is 0 Å². The zero-order chi connectivity index (χ0) is 18.4. The van der Waals surface area contributed by atoms with E-state index in [1.807, 2.05) is 56.5 Å². The zero-order valence-corrected chi connectivity index (χ0v) is 18.4. The van der Waals surface area contributed by atoms with Gasteiger partial charge in [-0.05, 0) is 31.8 Å². The normalized spacial score (nSPS) is 11.4. The van der Waals surface area contributed by atoms with Crippen molar-refractivity contribution >= 4 is 29.9 Å². The third kappa shape index (κ3) is 6.56. The minimum absolute atomic E-state index is 0. The maximum Gasteiger partial charge on any atom is 0.193 e. The Morgan fingerprint density at radius 2 is 1.96 bits per heavy atom. The van der Waals surface area contributed by atoms with Gasteiger partial charge in [-0.15, -0.1) is 24.0 Å². The fourth-order valence-electron chi connectivity index (χ4n) is 2.67. The number of nitrogens with zero attached hydrogens (tertiary/aromatic N) is 5. The lowest BCUT2D eigenvalue weighted by atomic mass is 10.1. The maximum atomic E-state index is 13.9. The quantitative estimate of drug-likeness (QED) is 0.397. The molecule has 0 unspecified atom stereocenters. The average Bonchev–Trinajstić information content (AvgIpc) is 2.95. The van der Waals surface area contributed by atoms with E-state index in [0.717, 1.165) is 17.1 Å². The van der Waals surface area contributed by atoms with E-state index in [0.29, 0.717) is 25.2 Å². The molecule has 0 atom stereocenters. The Bertz CT molecular complexity index is 728. The highest BCUT2D eigenvalue weighted by atomic mass is 127. The van der Waals surface area contributed by atoms with Crippen molar-refractivity contribution in [3.8, 4) is 0 Å². The van der Waals surface area contributed by atoms with Gasteiger partial charge < -0.3 is 15.1 Å². The van der Waals surface area contributed by atoms with Crippen LogP contribution in [-0.4, -0.2) is 53.7 Å². The third-order valence-electron chi connectivity index (χ3n) is 3.80. The molecule has 2 aromatic rings. The molecular weight excluding hydrogens is 446 g/mol. The van der Waals surface area contributed by atoms with Crippen molar-refractivity contribution < 1.29 is 4.39 Å². The Morgan fingerprint density at radius 1 is 1.23 bits per heavy atom. The summed E-state index contributed by atoms with van der Waals surface area (Å²) in [5.41, 5.74) is 2.83. The van der Waals surface area contributed by atoms with Crippen LogP contribution in [0.4, 0.5) is 4.39 Å². The molecule has 0 aliphatic carbocycles. The van der Waals surface area contributed by atoms with E-state index >= 15 is 0 Å². The molecule has 144 valence electrons. The van der Waals surface area contributed by atoms with Gasteiger partial charge in [-0.2, -0.15) is 5.10 Å². The number of aryl methyl sites for hydroxylation is 1. The molecule has 6 nitrogen and oxygen atoms in total. The van der Waals surface area contributed by atoms with Gasteiger partial charge in [-0.1, -0.05) is 6.07 Å². The van der Waals surface area contributed by atoms with Gasteiger partial charge in [0.05, 0.1) is 6.20 Å². The number of aromatic nitrogens is 2. The minimum Gasteiger partial charge on any atom is -0.352 e. The molecule has 0 saturated carbocycles. The predicted molar refractivity (Wildman–Crippen MR) is 114 cm³/mol. The van der Waals surface area contributed by atoms with Gasteiger partial charge in [0.15, 0.2) is 5.96 Å². The Morgan fingerprint density at radius 3 is 2.54 bits per heavy atom. The van der Waals surface area contributed by atoms with Crippen LogP contribution in [0.15, 0.2) is 35.6 Å². The van der Waals surface area contributed by atoms with Crippen LogP contribution in [0.1, 0.15) is 16.7 Å². The second-order valence-electron chi connectivity index (χ2n) is 6.44. The van der Waals surface area contributed by atoms with Gasteiger partial charge >= 0.3 is 0 Å². The highest BCUT2D eigenvalue weighted by Crippen LogP contribution is 2.12. The molecule has 0 spiro atoms. The topological polar surface area (TPSA) is 48.7 Å². The molecule has 0 bridgehead atoms. The molecule has 0 aliphatic heterocycles. The number of rotatable bonds is 6. The van der Waals surface area contributed by atoms with E-state index in [2.05, 4.69) is 15.4 Å². The summed E-state index contributed by atoms with van der Waals surface area (Å²) in [5, 5.41) is 7.51. The van der Waals surface area contributed by atoms with Gasteiger partial charge in [0.25, 0.3) is 0 Å². The van der Waals surface area contributed by atoms with E-state index in [-0.39, 0.29) is 29.8 Å². The van der Waals surface area contributed by atoms with Crippen LogP contribution in [0.25, 0.3) is 0 Å². The zero-order valence-electron chi connectivity index (χ0n) is 16.0. The van der Waals surface area contributed by atoms with Gasteiger partial charge in [-0.3, -0.25) is 9.67 Å². The van der Waals surface area contributed by atoms with Crippen molar-refractivity contribution in [2.75, 3.05) is 28.2 Å². The Labute approximate surface area is 172 Å². The molecule has 1 heterocycles. The lowest BCUT2D eigenvalue weighted by Crippen LogP contribution is -2.38. The number of aliphatic imine (C=N–C) groups is 1. The first-order valence-corrected chi connectivity index (χ1v) is 8.20. The van der Waals surface area contributed by atoms with Crippen molar-refractivity contribution in [3.63, 3.8) is 0 Å². The molecule has 0 radical (unpaired) electrons. The standard InChI is InChI=1S/C18H27FN6.HI/c1-20-18(24(4)11-15-10-22-25(5)12-15)21-9-14-6-7-17(19)16(8-14)13-23(2)3;/h6-8,10,12H,9,11,13H2,1-5H3,(H,20,21);1H. The third-order valence-corrected chi connectivity index (χ3v) is 3.80. The summed E-state index contributed by atoms with van der Waals surface area (Å²) in [5.74, 6) is 0.609. The first kappa shape index (κ1) is 22.4. The van der Waals surface area contributed by atoms with Crippen molar-refractivity contribution in [3.05, 3.63) is 53.1 Å². The van der Waals surface area contributed by atoms with Crippen LogP contribution < -0.4 is 5.32 Å². The second kappa shape index (κ2) is 10.5. The minimum atomic E-state index is -0.171. The summed E-state index contributed by atoms with van der Waals surface area (Å²) >= 11 is 0. The molecule has 0 saturated heterocycles. The SMILES string of the molecule is CN=C(NCc1ccc(F)c(CN(C)C)c1)N(C)Cc1cnn(C)c1.I. The summed E-state index contributed by atoms with van der Waals surface area (Å²) in [6.45, 7) is 1.88. The van der Waals surface area contributed by atoms with Crippen molar-refractivity contribution in [1.29, 1.82) is 0 Å². The van der Waals surface area contributed by atoms with Crippen molar-refractivity contribution in [1.82, 2.24) is 24.9 Å². The van der Waals surface area contributed by atoms with Crippen LogP contribution in [0.3, 0.4) is 0 Å². The van der Waals surface area contributed by atoms with Crippen LogP contribution >= 0.6 is 24.0 Å². The van der Waals surface area contributed by atoms with E-state index in [9.17, 15) is 4.39 Å². The molecular formula is C18H28FIN6. The van der Waals surface area contributed by atoms with E-state index < -0.39 is 0 Å².